The van der Waals surface area contributed by atoms with E-state index >= 15 is 0 Å². The molecule has 1 aliphatic heterocycles. The van der Waals surface area contributed by atoms with Crippen LogP contribution in [0.2, 0.25) is 0 Å². The summed E-state index contributed by atoms with van der Waals surface area (Å²) in [6.07, 6.45) is 0.927. The van der Waals surface area contributed by atoms with Crippen LogP contribution in [0.15, 0.2) is 0 Å². The van der Waals surface area contributed by atoms with Crippen molar-refractivity contribution in [1.29, 1.82) is 0 Å². The molecule has 1 aliphatic rings. The van der Waals surface area contributed by atoms with Gasteiger partial charge in [-0.2, -0.15) is 0 Å². The molecule has 0 spiro atoms. The van der Waals surface area contributed by atoms with Crippen LogP contribution in [0.5, 0.6) is 0 Å². The summed E-state index contributed by atoms with van der Waals surface area (Å²) in [4.78, 5) is 11.4. The van der Waals surface area contributed by atoms with E-state index in [0.717, 1.165) is 13.0 Å². The maximum atomic E-state index is 11.4. The molecule has 1 heterocycles. The fourth-order valence-electron chi connectivity index (χ4n) is 1.71. The molecule has 0 aromatic carbocycles. The van der Waals surface area contributed by atoms with E-state index in [1.165, 1.54) is 0 Å². The van der Waals surface area contributed by atoms with Crippen molar-refractivity contribution in [2.45, 2.75) is 33.2 Å². The highest BCUT2D eigenvalue weighted by Crippen LogP contribution is 2.20. The van der Waals surface area contributed by atoms with Crippen molar-refractivity contribution >= 4 is 5.97 Å². The lowest BCUT2D eigenvalue weighted by Crippen LogP contribution is -2.26. The Labute approximate surface area is 79.8 Å². The van der Waals surface area contributed by atoms with E-state index in [2.05, 4.69) is 19.2 Å². The molecule has 0 radical (unpaired) electrons. The summed E-state index contributed by atoms with van der Waals surface area (Å²) in [6.45, 7) is 7.46. The van der Waals surface area contributed by atoms with Crippen LogP contribution < -0.4 is 5.32 Å². The van der Waals surface area contributed by atoms with Gasteiger partial charge in [0, 0.05) is 12.6 Å². The average Bonchev–Trinajstić information content (AvgIpc) is 2.52. The molecule has 0 amide bonds. The minimum Gasteiger partial charge on any atom is -0.466 e. The first-order valence-electron chi connectivity index (χ1n) is 5.05. The van der Waals surface area contributed by atoms with Gasteiger partial charge >= 0.3 is 5.97 Å². The number of esters is 1. The third-order valence-corrected chi connectivity index (χ3v) is 2.59. The van der Waals surface area contributed by atoms with Crippen molar-refractivity contribution in [3.63, 3.8) is 0 Å². The van der Waals surface area contributed by atoms with Gasteiger partial charge in [-0.25, -0.2) is 0 Å². The van der Waals surface area contributed by atoms with Gasteiger partial charge < -0.3 is 10.1 Å². The van der Waals surface area contributed by atoms with Crippen LogP contribution in [0.4, 0.5) is 0 Å². The number of hydrogen-bond donors (Lipinski definition) is 1. The number of hydrogen-bond acceptors (Lipinski definition) is 3. The molecule has 3 heteroatoms. The molecule has 1 fully saturated rings. The predicted molar refractivity (Wildman–Crippen MR) is 51.4 cm³/mol. The van der Waals surface area contributed by atoms with E-state index in [1.807, 2.05) is 6.92 Å². The van der Waals surface area contributed by atoms with Crippen LogP contribution >= 0.6 is 0 Å². The van der Waals surface area contributed by atoms with Gasteiger partial charge in [-0.15, -0.1) is 0 Å². The number of carbonyl (C=O) groups excluding carboxylic acids is 1. The maximum Gasteiger partial charge on any atom is 0.310 e. The molecule has 1 rings (SSSR count). The van der Waals surface area contributed by atoms with Crippen molar-refractivity contribution in [2.75, 3.05) is 13.2 Å². The number of nitrogens with one attached hydrogen (secondary N) is 1. The monoisotopic (exact) mass is 185 g/mol. The second-order valence-electron chi connectivity index (χ2n) is 3.94. The SMILES string of the molecule is CCOC(=O)[C@H]1CN[C@@H](C(C)C)C1. The Kier molecular flexibility index (Phi) is 3.72. The van der Waals surface area contributed by atoms with Gasteiger partial charge in [0.1, 0.15) is 0 Å². The van der Waals surface area contributed by atoms with Crippen LogP contribution in [0.3, 0.4) is 0 Å². The fraction of sp³-hybridized carbons (Fsp3) is 0.900. The van der Waals surface area contributed by atoms with Crippen molar-refractivity contribution in [3.05, 3.63) is 0 Å². The first-order valence-corrected chi connectivity index (χ1v) is 5.05. The van der Waals surface area contributed by atoms with E-state index in [9.17, 15) is 4.79 Å². The molecule has 76 valence electrons. The first-order chi connectivity index (χ1) is 6.15. The van der Waals surface area contributed by atoms with Gasteiger partial charge in [0.2, 0.25) is 0 Å². The van der Waals surface area contributed by atoms with Crippen LogP contribution in [-0.4, -0.2) is 25.2 Å². The van der Waals surface area contributed by atoms with Gasteiger partial charge in [0.15, 0.2) is 0 Å². The minimum absolute atomic E-state index is 0.0434. The molecule has 3 nitrogen and oxygen atoms in total. The molecule has 0 aromatic rings. The molecule has 0 aromatic heterocycles. The highest BCUT2D eigenvalue weighted by atomic mass is 16.5. The molecule has 0 aliphatic carbocycles. The average molecular weight is 185 g/mol. The number of rotatable bonds is 3. The molecule has 0 unspecified atom stereocenters. The van der Waals surface area contributed by atoms with Crippen LogP contribution in [0.1, 0.15) is 27.2 Å². The highest BCUT2D eigenvalue weighted by molar-refractivity contribution is 5.73. The zero-order valence-corrected chi connectivity index (χ0v) is 8.67. The number of carbonyl (C=O) groups is 1. The van der Waals surface area contributed by atoms with Gasteiger partial charge in [-0.1, -0.05) is 13.8 Å². The Morgan fingerprint density at radius 3 is 2.77 bits per heavy atom. The maximum absolute atomic E-state index is 11.4. The van der Waals surface area contributed by atoms with Gasteiger partial charge in [-0.05, 0) is 19.3 Å². The lowest BCUT2D eigenvalue weighted by molar-refractivity contribution is -0.147. The Bertz CT molecular complexity index is 180. The second-order valence-corrected chi connectivity index (χ2v) is 3.94. The predicted octanol–water partition coefficient (Wildman–Crippen LogP) is 1.18. The molecule has 1 saturated heterocycles. The molecular weight excluding hydrogens is 166 g/mol. The lowest BCUT2D eigenvalue weighted by atomic mass is 9.98. The smallest absolute Gasteiger partial charge is 0.310 e. The molecule has 0 bridgehead atoms. The van der Waals surface area contributed by atoms with Gasteiger partial charge in [-0.3, -0.25) is 4.79 Å². The Morgan fingerprint density at radius 2 is 2.31 bits per heavy atom. The summed E-state index contributed by atoms with van der Waals surface area (Å²) in [6, 6.07) is 0.481. The largest absolute Gasteiger partial charge is 0.466 e. The third-order valence-electron chi connectivity index (χ3n) is 2.59. The second kappa shape index (κ2) is 4.61. The van der Waals surface area contributed by atoms with E-state index in [4.69, 9.17) is 4.74 Å². The fourth-order valence-corrected chi connectivity index (χ4v) is 1.71. The summed E-state index contributed by atoms with van der Waals surface area (Å²) in [7, 11) is 0. The first kappa shape index (κ1) is 10.5. The van der Waals surface area contributed by atoms with E-state index < -0.39 is 0 Å². The zero-order chi connectivity index (χ0) is 9.84. The lowest BCUT2D eigenvalue weighted by Gasteiger charge is -2.13. The zero-order valence-electron chi connectivity index (χ0n) is 8.67. The summed E-state index contributed by atoms with van der Waals surface area (Å²) in [5.41, 5.74) is 0. The molecule has 1 N–H and O–H groups in total. The van der Waals surface area contributed by atoms with Gasteiger partial charge in [0.05, 0.1) is 12.5 Å². The Hall–Kier alpha value is -0.570. The van der Waals surface area contributed by atoms with E-state index in [1.54, 1.807) is 0 Å². The third kappa shape index (κ3) is 2.69. The van der Waals surface area contributed by atoms with Crippen LogP contribution in [0, 0.1) is 11.8 Å². The molecule has 0 saturated carbocycles. The Balaban J connectivity index is 2.36. The van der Waals surface area contributed by atoms with Gasteiger partial charge in [0.25, 0.3) is 0 Å². The summed E-state index contributed by atoms with van der Waals surface area (Å²) >= 11 is 0. The van der Waals surface area contributed by atoms with Crippen molar-refractivity contribution < 1.29 is 9.53 Å². The minimum atomic E-state index is -0.0434. The normalized spacial score (nSPS) is 28.0. The molecule has 13 heavy (non-hydrogen) atoms. The van der Waals surface area contributed by atoms with Crippen LogP contribution in [0.25, 0.3) is 0 Å². The van der Waals surface area contributed by atoms with Crippen LogP contribution in [-0.2, 0) is 9.53 Å². The number of ether oxygens (including phenoxy) is 1. The van der Waals surface area contributed by atoms with E-state index in [-0.39, 0.29) is 11.9 Å². The topological polar surface area (TPSA) is 38.3 Å². The molecule has 2 atom stereocenters. The van der Waals surface area contributed by atoms with E-state index in [0.29, 0.717) is 18.6 Å². The Morgan fingerprint density at radius 1 is 1.62 bits per heavy atom. The summed E-state index contributed by atoms with van der Waals surface area (Å²) in [5.74, 6) is 0.630. The van der Waals surface area contributed by atoms with Crippen molar-refractivity contribution in [3.8, 4) is 0 Å². The summed E-state index contributed by atoms with van der Waals surface area (Å²) < 4.78 is 4.97. The van der Waals surface area contributed by atoms with Crippen molar-refractivity contribution in [1.82, 2.24) is 5.32 Å². The summed E-state index contributed by atoms with van der Waals surface area (Å²) in [5, 5.41) is 3.34. The highest BCUT2D eigenvalue weighted by Gasteiger charge is 2.31. The van der Waals surface area contributed by atoms with Crippen molar-refractivity contribution in [2.24, 2.45) is 11.8 Å². The quantitative estimate of drug-likeness (QED) is 0.671. The standard InChI is InChI=1S/C10H19NO2/c1-4-13-10(12)8-5-9(7(2)3)11-6-8/h7-9,11H,4-6H2,1-3H3/t8-,9-/m1/s1. The molecular formula is C10H19NO2.